The molecule has 6 nitrogen and oxygen atoms in total. The van der Waals surface area contributed by atoms with Crippen LogP contribution in [0.1, 0.15) is 27.7 Å². The van der Waals surface area contributed by atoms with E-state index in [0.717, 1.165) is 23.5 Å². The first-order chi connectivity index (χ1) is 12.8. The van der Waals surface area contributed by atoms with Gasteiger partial charge < -0.3 is 14.7 Å². The molecule has 1 aromatic carbocycles. The van der Waals surface area contributed by atoms with Gasteiger partial charge in [-0.15, -0.1) is 0 Å². The first-order valence-corrected chi connectivity index (χ1v) is 8.64. The van der Waals surface area contributed by atoms with Crippen molar-refractivity contribution >= 4 is 11.6 Å². The van der Waals surface area contributed by atoms with Crippen molar-refractivity contribution < 1.29 is 4.79 Å². The molecule has 128 valence electrons. The van der Waals surface area contributed by atoms with E-state index in [2.05, 4.69) is 32.4 Å². The van der Waals surface area contributed by atoms with Gasteiger partial charge in [0.25, 0.3) is 5.91 Å². The number of nitrogens with zero attached hydrogens (tertiary/aromatic N) is 3. The van der Waals surface area contributed by atoms with Crippen LogP contribution in [0.2, 0.25) is 0 Å². The summed E-state index contributed by atoms with van der Waals surface area (Å²) in [6, 6.07) is 16.1. The van der Waals surface area contributed by atoms with Gasteiger partial charge in [0.1, 0.15) is 17.0 Å². The Morgan fingerprint density at radius 3 is 2.73 bits per heavy atom. The summed E-state index contributed by atoms with van der Waals surface area (Å²) < 4.78 is 1.94. The van der Waals surface area contributed by atoms with Crippen LogP contribution in [-0.4, -0.2) is 31.8 Å². The summed E-state index contributed by atoms with van der Waals surface area (Å²) in [5.74, 6) is 0.711. The minimum absolute atomic E-state index is 0.135. The van der Waals surface area contributed by atoms with E-state index in [9.17, 15) is 4.79 Å². The number of hydrogen-bond acceptors (Lipinski definition) is 3. The second kappa shape index (κ2) is 5.84. The number of hydrogen-bond donors (Lipinski definition) is 2. The summed E-state index contributed by atoms with van der Waals surface area (Å²) in [4.78, 5) is 24.9. The van der Waals surface area contributed by atoms with E-state index in [1.165, 1.54) is 5.56 Å². The van der Waals surface area contributed by atoms with Gasteiger partial charge in [0.2, 0.25) is 0 Å². The van der Waals surface area contributed by atoms with Crippen molar-refractivity contribution in [3.05, 3.63) is 77.9 Å². The number of aromatic amines is 1. The molecule has 0 spiro atoms. The van der Waals surface area contributed by atoms with Crippen LogP contribution >= 0.6 is 0 Å². The maximum Gasteiger partial charge on any atom is 0.271 e. The molecule has 0 unspecified atom stereocenters. The largest absolute Gasteiger partial charge is 0.350 e. The lowest BCUT2D eigenvalue weighted by Gasteiger charge is -2.14. The third-order valence-electron chi connectivity index (χ3n) is 4.83. The molecule has 1 aliphatic rings. The van der Waals surface area contributed by atoms with Crippen LogP contribution < -0.4 is 5.32 Å². The van der Waals surface area contributed by atoms with Crippen molar-refractivity contribution in [3.8, 4) is 11.5 Å². The Kier molecular flexibility index (Phi) is 3.35. The van der Waals surface area contributed by atoms with E-state index < -0.39 is 0 Å². The summed E-state index contributed by atoms with van der Waals surface area (Å²) in [6.45, 7) is 0.608. The fourth-order valence-corrected chi connectivity index (χ4v) is 3.49. The third kappa shape index (κ3) is 2.47. The second-order valence-electron chi connectivity index (χ2n) is 6.53. The fraction of sp³-hybridized carbons (Fsp3) is 0.150. The number of aromatic nitrogens is 4. The van der Waals surface area contributed by atoms with Crippen molar-refractivity contribution in [2.75, 3.05) is 6.54 Å². The number of carbonyl (C=O) groups excluding carboxylic acids is 1. The number of imidazole rings is 2. The van der Waals surface area contributed by atoms with Crippen LogP contribution in [0.3, 0.4) is 0 Å². The van der Waals surface area contributed by atoms with Gasteiger partial charge in [-0.3, -0.25) is 4.79 Å². The van der Waals surface area contributed by atoms with Crippen LogP contribution in [0.5, 0.6) is 0 Å². The molecule has 0 bridgehead atoms. The third-order valence-corrected chi connectivity index (χ3v) is 4.83. The maximum atomic E-state index is 12.5. The fourth-order valence-electron chi connectivity index (χ4n) is 3.49. The number of amides is 1. The molecule has 6 heteroatoms. The van der Waals surface area contributed by atoms with Gasteiger partial charge in [0.05, 0.1) is 0 Å². The van der Waals surface area contributed by atoms with Gasteiger partial charge in [-0.05, 0) is 24.1 Å². The molecule has 5 rings (SSSR count). The van der Waals surface area contributed by atoms with E-state index in [-0.39, 0.29) is 11.8 Å². The lowest BCUT2D eigenvalue weighted by molar-refractivity contribution is 0.0950. The monoisotopic (exact) mass is 343 g/mol. The van der Waals surface area contributed by atoms with Crippen LogP contribution in [0.15, 0.2) is 60.9 Å². The molecule has 3 aromatic heterocycles. The molecular weight excluding hydrogens is 326 g/mol. The Hall–Kier alpha value is -3.41. The van der Waals surface area contributed by atoms with E-state index in [4.69, 9.17) is 0 Å². The minimum atomic E-state index is -0.135. The standard InChI is InChI=1S/C20H17N5O/c26-20-18-15(10-14(11-21-20)13-6-2-1-3-7-13)23-19(24-18)16-12-25-9-5-4-8-17(25)22-16/h1-9,12,14H,10-11H2,(H,21,26)(H,23,24)/t14-/m1/s1. The van der Waals surface area contributed by atoms with Crippen LogP contribution in [-0.2, 0) is 6.42 Å². The zero-order valence-electron chi connectivity index (χ0n) is 14.0. The molecule has 4 heterocycles. The summed E-state index contributed by atoms with van der Waals surface area (Å²) >= 11 is 0. The summed E-state index contributed by atoms with van der Waals surface area (Å²) in [6.07, 6.45) is 4.59. The molecule has 0 aliphatic carbocycles. The zero-order chi connectivity index (χ0) is 17.5. The number of H-pyrrole nitrogens is 1. The zero-order valence-corrected chi connectivity index (χ0v) is 14.0. The lowest BCUT2D eigenvalue weighted by Crippen LogP contribution is -2.26. The Morgan fingerprint density at radius 1 is 1.04 bits per heavy atom. The molecule has 4 aromatic rings. The number of benzene rings is 1. The van der Waals surface area contributed by atoms with Crippen LogP contribution in [0.25, 0.3) is 17.2 Å². The molecule has 1 aliphatic heterocycles. The number of rotatable bonds is 2. The predicted molar refractivity (Wildman–Crippen MR) is 98.0 cm³/mol. The normalized spacial score (nSPS) is 16.9. The SMILES string of the molecule is O=C1NC[C@H](c2ccccc2)Cc2[nH]c(-c3cn4ccccc4n3)nc21. The summed E-state index contributed by atoms with van der Waals surface area (Å²) in [7, 11) is 0. The summed E-state index contributed by atoms with van der Waals surface area (Å²) in [5.41, 5.74) is 4.12. The Labute approximate surface area is 149 Å². The molecular formula is C20H17N5O. The number of pyridine rings is 1. The number of fused-ring (bicyclic) bond motifs is 2. The van der Waals surface area contributed by atoms with Gasteiger partial charge in [-0.2, -0.15) is 0 Å². The highest BCUT2D eigenvalue weighted by Crippen LogP contribution is 2.26. The molecule has 1 amide bonds. The van der Waals surface area contributed by atoms with Gasteiger partial charge in [0.15, 0.2) is 5.82 Å². The first kappa shape index (κ1) is 14.9. The topological polar surface area (TPSA) is 75.1 Å². The Bertz CT molecular complexity index is 1060. The highest BCUT2D eigenvalue weighted by Gasteiger charge is 2.26. The second-order valence-corrected chi connectivity index (χ2v) is 6.53. The molecule has 0 saturated carbocycles. The molecule has 0 radical (unpaired) electrons. The highest BCUT2D eigenvalue weighted by molar-refractivity contribution is 5.94. The quantitative estimate of drug-likeness (QED) is 0.588. The summed E-state index contributed by atoms with van der Waals surface area (Å²) in [5, 5.41) is 2.99. The Morgan fingerprint density at radius 2 is 1.88 bits per heavy atom. The van der Waals surface area contributed by atoms with Crippen molar-refractivity contribution in [1.29, 1.82) is 0 Å². The minimum Gasteiger partial charge on any atom is -0.350 e. The van der Waals surface area contributed by atoms with Gasteiger partial charge in [-0.1, -0.05) is 36.4 Å². The van der Waals surface area contributed by atoms with Crippen molar-refractivity contribution in [1.82, 2.24) is 24.7 Å². The molecule has 2 N–H and O–H groups in total. The maximum absolute atomic E-state index is 12.5. The van der Waals surface area contributed by atoms with Gasteiger partial charge in [0, 0.05) is 30.6 Å². The molecule has 0 fully saturated rings. The average Bonchev–Trinajstić information content (AvgIpc) is 3.26. The van der Waals surface area contributed by atoms with Crippen LogP contribution in [0.4, 0.5) is 0 Å². The van der Waals surface area contributed by atoms with Crippen molar-refractivity contribution in [2.24, 2.45) is 0 Å². The lowest BCUT2D eigenvalue weighted by atomic mass is 9.94. The average molecular weight is 343 g/mol. The van der Waals surface area contributed by atoms with E-state index in [1.54, 1.807) is 0 Å². The van der Waals surface area contributed by atoms with E-state index >= 15 is 0 Å². The van der Waals surface area contributed by atoms with Crippen molar-refractivity contribution in [2.45, 2.75) is 12.3 Å². The predicted octanol–water partition coefficient (Wildman–Crippen LogP) is 2.79. The van der Waals surface area contributed by atoms with E-state index in [1.807, 2.05) is 53.2 Å². The first-order valence-electron chi connectivity index (χ1n) is 8.64. The van der Waals surface area contributed by atoms with Crippen molar-refractivity contribution in [3.63, 3.8) is 0 Å². The highest BCUT2D eigenvalue weighted by atomic mass is 16.1. The number of nitrogens with one attached hydrogen (secondary N) is 2. The molecule has 0 saturated heterocycles. The van der Waals surface area contributed by atoms with Gasteiger partial charge >= 0.3 is 0 Å². The molecule has 1 atom stereocenters. The Balaban J connectivity index is 1.54. The molecule has 26 heavy (non-hydrogen) atoms. The van der Waals surface area contributed by atoms with Gasteiger partial charge in [-0.25, -0.2) is 9.97 Å². The smallest absolute Gasteiger partial charge is 0.271 e. The number of carbonyl (C=O) groups is 1. The van der Waals surface area contributed by atoms with E-state index in [0.29, 0.717) is 18.1 Å². The van der Waals surface area contributed by atoms with Crippen LogP contribution in [0, 0.1) is 0 Å².